The molecule has 23 heavy (non-hydrogen) atoms. The minimum absolute atomic E-state index is 0.0820. The zero-order chi connectivity index (χ0) is 17.1. The molecule has 2 saturated heterocycles. The second kappa shape index (κ2) is 7.46. The Morgan fingerprint density at radius 3 is 2.57 bits per heavy atom. The summed E-state index contributed by atoms with van der Waals surface area (Å²) in [5.41, 5.74) is 0.0820. The zero-order valence-electron chi connectivity index (χ0n) is 14.3. The molecule has 0 aromatic rings. The molecule has 2 heterocycles. The number of carbonyl (C=O) groups excluding carboxylic acids is 1. The van der Waals surface area contributed by atoms with Crippen LogP contribution in [0.1, 0.15) is 39.5 Å². The van der Waals surface area contributed by atoms with Crippen LogP contribution in [0.5, 0.6) is 0 Å². The molecular formula is C15H29N3O4S. The maximum atomic E-state index is 12.5. The van der Waals surface area contributed by atoms with Gasteiger partial charge in [-0.2, -0.15) is 12.7 Å². The van der Waals surface area contributed by atoms with Crippen molar-refractivity contribution in [2.75, 3.05) is 33.3 Å². The molecule has 8 heteroatoms. The molecule has 0 amide bonds. The average molecular weight is 347 g/mol. The summed E-state index contributed by atoms with van der Waals surface area (Å²) in [5, 5.41) is 3.41. The minimum Gasteiger partial charge on any atom is -0.469 e. The monoisotopic (exact) mass is 347 g/mol. The lowest BCUT2D eigenvalue weighted by atomic mass is 9.78. The molecule has 2 rings (SSSR count). The normalized spacial score (nSPS) is 26.8. The van der Waals surface area contributed by atoms with Gasteiger partial charge in [0.15, 0.2) is 0 Å². The van der Waals surface area contributed by atoms with Gasteiger partial charge in [0.05, 0.1) is 13.0 Å². The van der Waals surface area contributed by atoms with Crippen molar-refractivity contribution in [3.8, 4) is 0 Å². The van der Waals surface area contributed by atoms with Gasteiger partial charge < -0.3 is 10.1 Å². The summed E-state index contributed by atoms with van der Waals surface area (Å²) in [6.07, 6.45) is 3.25. The summed E-state index contributed by atoms with van der Waals surface area (Å²) >= 11 is 0. The van der Waals surface area contributed by atoms with E-state index in [0.29, 0.717) is 32.5 Å². The predicted molar refractivity (Wildman–Crippen MR) is 88.0 cm³/mol. The second-order valence-corrected chi connectivity index (χ2v) is 8.90. The highest BCUT2D eigenvalue weighted by molar-refractivity contribution is 7.87. The molecule has 1 atom stereocenters. The molecule has 2 aliphatic rings. The Morgan fingerprint density at radius 1 is 1.35 bits per heavy atom. The van der Waals surface area contributed by atoms with Crippen molar-refractivity contribution in [3.05, 3.63) is 0 Å². The van der Waals surface area contributed by atoms with Crippen LogP contribution in [0.25, 0.3) is 0 Å². The smallest absolute Gasteiger partial charge is 0.308 e. The van der Waals surface area contributed by atoms with Gasteiger partial charge in [-0.1, -0.05) is 13.8 Å². The van der Waals surface area contributed by atoms with Crippen LogP contribution < -0.4 is 10.0 Å². The van der Waals surface area contributed by atoms with E-state index in [1.165, 1.54) is 11.4 Å². The van der Waals surface area contributed by atoms with Gasteiger partial charge in [-0.05, 0) is 37.6 Å². The van der Waals surface area contributed by atoms with Crippen molar-refractivity contribution in [3.63, 3.8) is 0 Å². The Hall–Kier alpha value is -0.700. The highest BCUT2D eigenvalue weighted by atomic mass is 32.2. The topological polar surface area (TPSA) is 87.7 Å². The number of rotatable bonds is 5. The first-order valence-electron chi connectivity index (χ1n) is 8.32. The molecule has 2 fully saturated rings. The van der Waals surface area contributed by atoms with E-state index < -0.39 is 10.2 Å². The molecule has 0 radical (unpaired) electrons. The molecule has 0 spiro atoms. The standard InChI is InChI=1S/C15H29N3O4S/c1-15(2)7-4-8-16-13(15)11-17-23(20,21)18-9-5-12(6-10-18)14(19)22-3/h12-13,16-17H,4-11H2,1-3H3. The van der Waals surface area contributed by atoms with Crippen LogP contribution in [0.2, 0.25) is 0 Å². The van der Waals surface area contributed by atoms with E-state index >= 15 is 0 Å². The molecule has 0 aliphatic carbocycles. The lowest BCUT2D eigenvalue weighted by Crippen LogP contribution is -2.55. The highest BCUT2D eigenvalue weighted by Gasteiger charge is 2.35. The molecule has 134 valence electrons. The molecule has 7 nitrogen and oxygen atoms in total. The number of hydrogen-bond acceptors (Lipinski definition) is 5. The fraction of sp³-hybridized carbons (Fsp3) is 0.933. The molecule has 2 N–H and O–H groups in total. The third-order valence-corrected chi connectivity index (χ3v) is 6.71. The van der Waals surface area contributed by atoms with Crippen molar-refractivity contribution >= 4 is 16.2 Å². The number of hydrogen-bond donors (Lipinski definition) is 2. The highest BCUT2D eigenvalue weighted by Crippen LogP contribution is 2.29. The third kappa shape index (κ3) is 4.65. The lowest BCUT2D eigenvalue weighted by molar-refractivity contribution is -0.146. The first kappa shape index (κ1) is 18.6. The zero-order valence-corrected chi connectivity index (χ0v) is 15.1. The quantitative estimate of drug-likeness (QED) is 0.707. The first-order valence-corrected chi connectivity index (χ1v) is 9.76. The van der Waals surface area contributed by atoms with Crippen LogP contribution in [-0.4, -0.2) is 58.0 Å². The second-order valence-electron chi connectivity index (χ2n) is 7.15. The summed E-state index contributed by atoms with van der Waals surface area (Å²) in [7, 11) is -2.13. The van der Waals surface area contributed by atoms with Gasteiger partial charge in [0.1, 0.15) is 0 Å². The number of methoxy groups -OCH3 is 1. The fourth-order valence-electron chi connectivity index (χ4n) is 3.40. The number of nitrogens with one attached hydrogen (secondary N) is 2. The van der Waals surface area contributed by atoms with Crippen LogP contribution in [0.4, 0.5) is 0 Å². The summed E-state index contributed by atoms with van der Waals surface area (Å²) in [4.78, 5) is 11.5. The summed E-state index contributed by atoms with van der Waals surface area (Å²) in [5.74, 6) is -0.437. The third-order valence-electron chi connectivity index (χ3n) is 5.13. The van der Waals surface area contributed by atoms with Crippen LogP contribution in [0, 0.1) is 11.3 Å². The Labute approximate surface area is 139 Å². The molecule has 0 saturated carbocycles. The van der Waals surface area contributed by atoms with Crippen molar-refractivity contribution < 1.29 is 17.9 Å². The first-order chi connectivity index (χ1) is 10.8. The van der Waals surface area contributed by atoms with Gasteiger partial charge in [-0.15, -0.1) is 0 Å². The van der Waals surface area contributed by atoms with E-state index in [4.69, 9.17) is 4.74 Å². The summed E-state index contributed by atoms with van der Waals surface area (Å²) < 4.78 is 33.8. The van der Waals surface area contributed by atoms with Gasteiger partial charge >= 0.3 is 5.97 Å². The number of piperidine rings is 2. The Kier molecular flexibility index (Phi) is 6.05. The van der Waals surface area contributed by atoms with Gasteiger partial charge in [-0.3, -0.25) is 4.79 Å². The molecule has 0 aromatic heterocycles. The van der Waals surface area contributed by atoms with Crippen molar-refractivity contribution in [2.45, 2.75) is 45.6 Å². The minimum atomic E-state index is -3.50. The van der Waals surface area contributed by atoms with Crippen molar-refractivity contribution in [2.24, 2.45) is 11.3 Å². The number of carbonyl (C=O) groups is 1. The van der Waals surface area contributed by atoms with Gasteiger partial charge in [0.25, 0.3) is 10.2 Å². The predicted octanol–water partition coefficient (Wildman–Crippen LogP) is 0.484. The van der Waals surface area contributed by atoms with Gasteiger partial charge in [-0.25, -0.2) is 4.72 Å². The number of nitrogens with zero attached hydrogens (tertiary/aromatic N) is 1. The van der Waals surface area contributed by atoms with E-state index in [9.17, 15) is 13.2 Å². The summed E-state index contributed by atoms with van der Waals surface area (Å²) in [6, 6.07) is 0.138. The molecule has 2 aliphatic heterocycles. The maximum Gasteiger partial charge on any atom is 0.308 e. The van der Waals surface area contributed by atoms with E-state index in [-0.39, 0.29) is 23.3 Å². The van der Waals surface area contributed by atoms with Crippen LogP contribution in [-0.2, 0) is 19.7 Å². The van der Waals surface area contributed by atoms with Gasteiger partial charge in [0.2, 0.25) is 0 Å². The van der Waals surface area contributed by atoms with Crippen LogP contribution in [0.3, 0.4) is 0 Å². The van der Waals surface area contributed by atoms with Gasteiger partial charge in [0, 0.05) is 25.7 Å². The Balaban J connectivity index is 1.86. The van der Waals surface area contributed by atoms with Crippen molar-refractivity contribution in [1.82, 2.24) is 14.3 Å². The van der Waals surface area contributed by atoms with E-state index in [1.54, 1.807) is 0 Å². The summed E-state index contributed by atoms with van der Waals surface area (Å²) in [6.45, 7) is 6.37. The van der Waals surface area contributed by atoms with Crippen LogP contribution in [0.15, 0.2) is 0 Å². The largest absolute Gasteiger partial charge is 0.469 e. The van der Waals surface area contributed by atoms with Crippen LogP contribution >= 0.6 is 0 Å². The number of ether oxygens (including phenoxy) is 1. The molecule has 1 unspecified atom stereocenters. The Bertz CT molecular complexity index is 513. The lowest BCUT2D eigenvalue weighted by Gasteiger charge is -2.40. The Morgan fingerprint density at radius 2 is 2.00 bits per heavy atom. The molecule has 0 bridgehead atoms. The van der Waals surface area contributed by atoms with E-state index in [2.05, 4.69) is 23.9 Å². The van der Waals surface area contributed by atoms with E-state index in [0.717, 1.165) is 19.4 Å². The number of esters is 1. The average Bonchev–Trinajstić information content (AvgIpc) is 2.53. The molecule has 0 aromatic carbocycles. The SMILES string of the molecule is COC(=O)C1CCN(S(=O)(=O)NCC2NCCCC2(C)C)CC1. The van der Waals surface area contributed by atoms with Crippen molar-refractivity contribution in [1.29, 1.82) is 0 Å². The maximum absolute atomic E-state index is 12.5. The fourth-order valence-corrected chi connectivity index (χ4v) is 4.65. The molecular weight excluding hydrogens is 318 g/mol. The van der Waals surface area contributed by atoms with E-state index in [1.807, 2.05) is 0 Å².